The predicted octanol–water partition coefficient (Wildman–Crippen LogP) is 5.69. The van der Waals surface area contributed by atoms with Crippen molar-refractivity contribution in [3.8, 4) is 0 Å². The number of amides is 1. The van der Waals surface area contributed by atoms with E-state index in [-0.39, 0.29) is 10.8 Å². The van der Waals surface area contributed by atoms with E-state index in [9.17, 15) is 13.2 Å². The molecule has 0 saturated heterocycles. The third-order valence-electron chi connectivity index (χ3n) is 6.88. The van der Waals surface area contributed by atoms with Crippen molar-refractivity contribution < 1.29 is 13.2 Å². The van der Waals surface area contributed by atoms with Gasteiger partial charge in [-0.2, -0.15) is 0 Å². The summed E-state index contributed by atoms with van der Waals surface area (Å²) in [5, 5.41) is 1.20. The summed E-state index contributed by atoms with van der Waals surface area (Å²) in [7, 11) is -3.74. The second-order valence-electron chi connectivity index (χ2n) is 9.07. The van der Waals surface area contributed by atoms with Gasteiger partial charge in [-0.3, -0.25) is 14.0 Å². The van der Waals surface area contributed by atoms with Crippen LogP contribution in [0.5, 0.6) is 0 Å². The van der Waals surface area contributed by atoms with E-state index in [1.807, 2.05) is 36.4 Å². The molecule has 5 rings (SSSR count). The van der Waals surface area contributed by atoms with Crippen molar-refractivity contribution >= 4 is 59.9 Å². The monoisotopic (exact) mass is 568 g/mol. The highest BCUT2D eigenvalue weighted by Gasteiger charge is 2.31. The van der Waals surface area contributed by atoms with E-state index in [0.717, 1.165) is 28.9 Å². The second-order valence-corrected chi connectivity index (χ2v) is 12.4. The van der Waals surface area contributed by atoms with E-state index >= 15 is 0 Å². The van der Waals surface area contributed by atoms with Crippen molar-refractivity contribution in [3.63, 3.8) is 0 Å². The van der Waals surface area contributed by atoms with Crippen LogP contribution in [0.4, 0.5) is 10.8 Å². The summed E-state index contributed by atoms with van der Waals surface area (Å²) in [6.45, 7) is 7.49. The first kappa shape index (κ1) is 26.6. The molecule has 0 radical (unpaired) electrons. The number of carbonyl (C=O) groups excluding carboxylic acids is 1. The Morgan fingerprint density at radius 1 is 1.03 bits per heavy atom. The van der Waals surface area contributed by atoms with Crippen LogP contribution in [0, 0.1) is 0 Å². The molecule has 38 heavy (non-hydrogen) atoms. The van der Waals surface area contributed by atoms with Crippen LogP contribution < -0.4 is 9.21 Å². The first-order chi connectivity index (χ1) is 18.3. The van der Waals surface area contributed by atoms with Gasteiger partial charge >= 0.3 is 0 Å². The Kier molecular flexibility index (Phi) is 7.72. The molecule has 0 aliphatic carbocycles. The molecular formula is C28H29ClN4O3S2. The lowest BCUT2D eigenvalue weighted by Gasteiger charge is -2.25. The highest BCUT2D eigenvalue weighted by molar-refractivity contribution is 7.92. The number of para-hydroxylation sites is 1. The summed E-state index contributed by atoms with van der Waals surface area (Å²) in [6.07, 6.45) is 0.681. The van der Waals surface area contributed by atoms with Gasteiger partial charge in [0, 0.05) is 30.2 Å². The number of benzene rings is 3. The van der Waals surface area contributed by atoms with Crippen molar-refractivity contribution in [2.24, 2.45) is 0 Å². The van der Waals surface area contributed by atoms with Crippen molar-refractivity contribution in [2.75, 3.05) is 41.9 Å². The maximum absolute atomic E-state index is 13.7. The van der Waals surface area contributed by atoms with Crippen molar-refractivity contribution in [1.29, 1.82) is 0 Å². The lowest BCUT2D eigenvalue weighted by Crippen LogP contribution is -2.39. The van der Waals surface area contributed by atoms with E-state index in [1.54, 1.807) is 23.1 Å². The molecule has 0 fully saturated rings. The lowest BCUT2D eigenvalue weighted by atomic mass is 10.2. The van der Waals surface area contributed by atoms with Gasteiger partial charge in [-0.05, 0) is 73.6 Å². The minimum Gasteiger partial charge on any atom is -0.302 e. The van der Waals surface area contributed by atoms with Gasteiger partial charge in [-0.15, -0.1) is 0 Å². The van der Waals surface area contributed by atoms with Crippen LogP contribution in [-0.2, 0) is 16.4 Å². The van der Waals surface area contributed by atoms with Crippen LogP contribution in [-0.4, -0.2) is 56.9 Å². The number of halogens is 1. The number of fused-ring (bicyclic) bond motifs is 2. The molecule has 7 nitrogen and oxygen atoms in total. The van der Waals surface area contributed by atoms with E-state index < -0.39 is 10.0 Å². The standard InChI is InChI=1S/C28H29ClN4O3S2/c1-3-31(4-2)17-18-32(28-30-24-14-11-22(29)19-26(24)37-28)27(34)21-9-12-23(13-10-21)38(35,36)33-16-15-20-7-5-6-8-25(20)33/h5-14,19H,3-4,15-18H2,1-2H3. The number of sulfonamides is 1. The Morgan fingerprint density at radius 3 is 2.50 bits per heavy atom. The summed E-state index contributed by atoms with van der Waals surface area (Å²) in [4.78, 5) is 22.5. The first-order valence-corrected chi connectivity index (χ1v) is 15.3. The fourth-order valence-corrected chi connectivity index (χ4v) is 7.45. The molecule has 4 aromatic rings. The maximum atomic E-state index is 13.7. The number of rotatable bonds is 9. The summed E-state index contributed by atoms with van der Waals surface area (Å²) in [6, 6.07) is 19.2. The summed E-state index contributed by atoms with van der Waals surface area (Å²) >= 11 is 7.59. The predicted molar refractivity (Wildman–Crippen MR) is 155 cm³/mol. The molecule has 1 amide bonds. The van der Waals surface area contributed by atoms with E-state index in [2.05, 4.69) is 18.7 Å². The molecule has 1 aromatic heterocycles. The van der Waals surface area contributed by atoms with Crippen LogP contribution in [0.3, 0.4) is 0 Å². The van der Waals surface area contributed by atoms with Gasteiger partial charge in [0.1, 0.15) is 0 Å². The van der Waals surface area contributed by atoms with Gasteiger partial charge in [-0.1, -0.05) is 55.0 Å². The van der Waals surface area contributed by atoms with Gasteiger partial charge in [0.15, 0.2) is 5.13 Å². The Balaban J connectivity index is 1.43. The van der Waals surface area contributed by atoms with Crippen molar-refractivity contribution in [1.82, 2.24) is 9.88 Å². The van der Waals surface area contributed by atoms with Crippen LogP contribution in [0.25, 0.3) is 10.2 Å². The highest BCUT2D eigenvalue weighted by Crippen LogP contribution is 2.34. The molecule has 10 heteroatoms. The topological polar surface area (TPSA) is 73.8 Å². The zero-order valence-corrected chi connectivity index (χ0v) is 23.7. The minimum atomic E-state index is -3.74. The first-order valence-electron chi connectivity index (χ1n) is 12.6. The quantitative estimate of drug-likeness (QED) is 0.259. The summed E-state index contributed by atoms with van der Waals surface area (Å²) in [5.74, 6) is -0.224. The van der Waals surface area contributed by atoms with Crippen LogP contribution >= 0.6 is 22.9 Å². The number of carbonyl (C=O) groups is 1. The van der Waals surface area contributed by atoms with Crippen molar-refractivity contribution in [2.45, 2.75) is 25.2 Å². The Labute approximate surface area is 232 Å². The zero-order chi connectivity index (χ0) is 26.9. The Morgan fingerprint density at radius 2 is 1.76 bits per heavy atom. The normalized spacial score (nSPS) is 13.3. The molecule has 0 spiro atoms. The molecule has 0 saturated carbocycles. The minimum absolute atomic E-state index is 0.162. The Hall–Kier alpha value is -2.98. The molecule has 198 valence electrons. The average Bonchev–Trinajstić information content (AvgIpc) is 3.55. The number of hydrogen-bond donors (Lipinski definition) is 0. The summed E-state index contributed by atoms with van der Waals surface area (Å²) < 4.78 is 29.2. The third kappa shape index (κ3) is 5.16. The smallest absolute Gasteiger partial charge is 0.264 e. The van der Waals surface area contributed by atoms with Gasteiger partial charge in [0.05, 0.1) is 20.8 Å². The third-order valence-corrected chi connectivity index (χ3v) is 9.99. The highest BCUT2D eigenvalue weighted by atomic mass is 35.5. The molecule has 2 heterocycles. The van der Waals surface area contributed by atoms with Gasteiger partial charge < -0.3 is 4.90 Å². The Bertz CT molecular complexity index is 1570. The zero-order valence-electron chi connectivity index (χ0n) is 21.3. The van der Waals surface area contributed by atoms with E-state index in [4.69, 9.17) is 16.6 Å². The van der Waals surface area contributed by atoms with E-state index in [1.165, 1.54) is 27.8 Å². The fraction of sp³-hybridized carbons (Fsp3) is 0.286. The van der Waals surface area contributed by atoms with Crippen molar-refractivity contribution in [3.05, 3.63) is 82.9 Å². The lowest BCUT2D eigenvalue weighted by molar-refractivity contribution is 0.0983. The molecule has 0 bridgehead atoms. The molecule has 1 aliphatic heterocycles. The SMILES string of the molecule is CCN(CC)CCN(C(=O)c1ccc(S(=O)(=O)N2CCc3ccccc32)cc1)c1nc2ccc(Cl)cc2s1. The maximum Gasteiger partial charge on any atom is 0.264 e. The number of nitrogens with zero attached hydrogens (tertiary/aromatic N) is 4. The number of likely N-dealkylation sites (N-methyl/N-ethyl adjacent to an activating group) is 1. The average molecular weight is 569 g/mol. The van der Waals surface area contributed by atoms with E-state index in [0.29, 0.717) is 47.5 Å². The molecule has 1 aliphatic rings. The number of thiazole rings is 1. The molecular weight excluding hydrogens is 540 g/mol. The number of anilines is 2. The number of hydrogen-bond acceptors (Lipinski definition) is 6. The fourth-order valence-electron chi connectivity index (χ4n) is 4.68. The van der Waals surface area contributed by atoms with Gasteiger partial charge in [0.25, 0.3) is 15.9 Å². The van der Waals surface area contributed by atoms with Crippen LogP contribution in [0.2, 0.25) is 5.02 Å². The van der Waals surface area contributed by atoms with Crippen LogP contribution in [0.15, 0.2) is 71.6 Å². The van der Waals surface area contributed by atoms with Crippen LogP contribution in [0.1, 0.15) is 29.8 Å². The number of aromatic nitrogens is 1. The second kappa shape index (κ2) is 11.0. The van der Waals surface area contributed by atoms with Gasteiger partial charge in [0.2, 0.25) is 0 Å². The molecule has 3 aromatic carbocycles. The van der Waals surface area contributed by atoms with Gasteiger partial charge in [-0.25, -0.2) is 13.4 Å². The molecule has 0 unspecified atom stereocenters. The molecule has 0 N–H and O–H groups in total. The largest absolute Gasteiger partial charge is 0.302 e. The molecule has 0 atom stereocenters. The summed E-state index contributed by atoms with van der Waals surface area (Å²) in [5.41, 5.74) is 2.92.